The number of hydrogen-bond donors (Lipinski definition) is 1. The van der Waals surface area contributed by atoms with Crippen molar-refractivity contribution in [1.29, 1.82) is 0 Å². The molecule has 1 fully saturated rings. The highest BCUT2D eigenvalue weighted by atomic mass is 19.1. The van der Waals surface area contributed by atoms with Gasteiger partial charge in [0.1, 0.15) is 5.82 Å². The third kappa shape index (κ3) is 1.46. The van der Waals surface area contributed by atoms with Crippen molar-refractivity contribution in [3.8, 4) is 0 Å². The van der Waals surface area contributed by atoms with Gasteiger partial charge in [-0.05, 0) is 30.5 Å². The average Bonchev–Trinajstić information content (AvgIpc) is 2.79. The molecule has 0 heterocycles. The molecule has 2 atom stereocenters. The number of hydrogen-bond acceptors (Lipinski definition) is 1. The van der Waals surface area contributed by atoms with Crippen LogP contribution in [0.25, 0.3) is 0 Å². The van der Waals surface area contributed by atoms with Gasteiger partial charge in [-0.15, -0.1) is 0 Å². The van der Waals surface area contributed by atoms with Gasteiger partial charge >= 0.3 is 0 Å². The molecule has 0 bridgehead atoms. The minimum Gasteiger partial charge on any atom is -0.325 e. The monoisotopic (exact) mass is 179 g/mol. The quantitative estimate of drug-likeness (QED) is 0.741. The van der Waals surface area contributed by atoms with E-state index in [1.54, 1.807) is 12.1 Å². The van der Waals surface area contributed by atoms with Crippen LogP contribution in [-0.4, -0.2) is 5.54 Å². The van der Waals surface area contributed by atoms with Gasteiger partial charge < -0.3 is 5.73 Å². The van der Waals surface area contributed by atoms with Crippen molar-refractivity contribution in [2.24, 2.45) is 5.73 Å². The largest absolute Gasteiger partial charge is 0.325 e. The Bertz CT molecular complexity index is 324. The SMILES string of the molecule is CC[C@]1(N)C[C@@H]1c1cccc(F)c1. The molecule has 0 radical (unpaired) electrons. The van der Waals surface area contributed by atoms with Gasteiger partial charge in [0.25, 0.3) is 0 Å². The maximum absolute atomic E-state index is 12.9. The standard InChI is InChI=1S/C11H14FN/c1-2-11(13)7-10(11)8-4-3-5-9(12)6-8/h3-6,10H,2,7,13H2,1H3/t10-,11+/m1/s1. The van der Waals surface area contributed by atoms with Crippen LogP contribution in [0.3, 0.4) is 0 Å². The zero-order chi connectivity index (χ0) is 9.47. The lowest BCUT2D eigenvalue weighted by atomic mass is 10.1. The number of rotatable bonds is 2. The molecule has 1 aromatic rings. The zero-order valence-electron chi connectivity index (χ0n) is 7.76. The highest BCUT2D eigenvalue weighted by Gasteiger charge is 2.49. The van der Waals surface area contributed by atoms with E-state index in [0.717, 1.165) is 18.4 Å². The van der Waals surface area contributed by atoms with E-state index in [-0.39, 0.29) is 11.4 Å². The number of halogens is 1. The molecule has 0 saturated heterocycles. The van der Waals surface area contributed by atoms with E-state index in [2.05, 4.69) is 6.92 Å². The molecule has 2 N–H and O–H groups in total. The Hall–Kier alpha value is -0.890. The Balaban J connectivity index is 2.20. The predicted molar refractivity (Wildman–Crippen MR) is 51.0 cm³/mol. The molecule has 13 heavy (non-hydrogen) atoms. The van der Waals surface area contributed by atoms with Crippen molar-refractivity contribution in [2.45, 2.75) is 31.2 Å². The van der Waals surface area contributed by atoms with E-state index in [9.17, 15) is 4.39 Å². The lowest BCUT2D eigenvalue weighted by Crippen LogP contribution is -2.22. The summed E-state index contributed by atoms with van der Waals surface area (Å²) in [6, 6.07) is 6.77. The second kappa shape index (κ2) is 2.81. The minimum absolute atomic E-state index is 0.0617. The summed E-state index contributed by atoms with van der Waals surface area (Å²) in [6.45, 7) is 2.08. The summed E-state index contributed by atoms with van der Waals surface area (Å²) < 4.78 is 12.9. The summed E-state index contributed by atoms with van der Waals surface area (Å²) in [7, 11) is 0. The fourth-order valence-corrected chi connectivity index (χ4v) is 1.88. The van der Waals surface area contributed by atoms with E-state index in [1.807, 2.05) is 6.07 Å². The first kappa shape index (κ1) is 8.70. The van der Waals surface area contributed by atoms with E-state index in [4.69, 9.17) is 5.73 Å². The highest BCUT2D eigenvalue weighted by Crippen LogP contribution is 2.51. The molecule has 0 unspecified atom stereocenters. The van der Waals surface area contributed by atoms with Crippen molar-refractivity contribution < 1.29 is 4.39 Å². The van der Waals surface area contributed by atoms with Gasteiger partial charge in [0, 0.05) is 11.5 Å². The molecular weight excluding hydrogens is 165 g/mol. The molecule has 70 valence electrons. The Morgan fingerprint density at radius 1 is 1.62 bits per heavy atom. The summed E-state index contributed by atoms with van der Waals surface area (Å²) in [5, 5.41) is 0. The van der Waals surface area contributed by atoms with Crippen LogP contribution >= 0.6 is 0 Å². The molecular formula is C11H14FN. The van der Waals surface area contributed by atoms with Crippen LogP contribution in [-0.2, 0) is 0 Å². The smallest absolute Gasteiger partial charge is 0.123 e. The van der Waals surface area contributed by atoms with Crippen LogP contribution in [0.15, 0.2) is 24.3 Å². The summed E-state index contributed by atoms with van der Waals surface area (Å²) in [5.41, 5.74) is 7.03. The second-order valence-corrected chi connectivity index (χ2v) is 3.90. The fraction of sp³-hybridized carbons (Fsp3) is 0.455. The Kier molecular flexibility index (Phi) is 1.88. The van der Waals surface area contributed by atoms with Crippen LogP contribution < -0.4 is 5.73 Å². The van der Waals surface area contributed by atoms with Crippen molar-refractivity contribution >= 4 is 0 Å². The molecule has 2 heteroatoms. The van der Waals surface area contributed by atoms with Crippen LogP contribution in [0.5, 0.6) is 0 Å². The Morgan fingerprint density at radius 3 is 2.92 bits per heavy atom. The van der Waals surface area contributed by atoms with Crippen molar-refractivity contribution in [3.63, 3.8) is 0 Å². The Morgan fingerprint density at radius 2 is 2.38 bits per heavy atom. The molecule has 1 aromatic carbocycles. The maximum atomic E-state index is 12.9. The molecule has 1 aliphatic carbocycles. The molecule has 1 saturated carbocycles. The van der Waals surface area contributed by atoms with Crippen molar-refractivity contribution in [1.82, 2.24) is 0 Å². The van der Waals surface area contributed by atoms with E-state index in [1.165, 1.54) is 6.07 Å². The van der Waals surface area contributed by atoms with E-state index in [0.29, 0.717) is 5.92 Å². The summed E-state index contributed by atoms with van der Waals surface area (Å²) in [5.74, 6) is 0.205. The third-order valence-electron chi connectivity index (χ3n) is 3.03. The molecule has 0 spiro atoms. The molecule has 0 aliphatic heterocycles. The van der Waals surface area contributed by atoms with E-state index < -0.39 is 0 Å². The van der Waals surface area contributed by atoms with Gasteiger partial charge in [-0.25, -0.2) is 4.39 Å². The lowest BCUT2D eigenvalue weighted by Gasteiger charge is -2.07. The molecule has 1 nitrogen and oxygen atoms in total. The number of nitrogens with two attached hydrogens (primary N) is 1. The summed E-state index contributed by atoms with van der Waals surface area (Å²) >= 11 is 0. The van der Waals surface area contributed by atoms with Crippen molar-refractivity contribution in [2.75, 3.05) is 0 Å². The number of benzene rings is 1. The van der Waals surface area contributed by atoms with Gasteiger partial charge in [0.05, 0.1) is 0 Å². The summed E-state index contributed by atoms with van der Waals surface area (Å²) in [4.78, 5) is 0. The van der Waals surface area contributed by atoms with Crippen LogP contribution in [0.2, 0.25) is 0 Å². The van der Waals surface area contributed by atoms with Gasteiger partial charge in [0.15, 0.2) is 0 Å². The third-order valence-corrected chi connectivity index (χ3v) is 3.03. The second-order valence-electron chi connectivity index (χ2n) is 3.90. The van der Waals surface area contributed by atoms with Crippen LogP contribution in [0, 0.1) is 5.82 Å². The van der Waals surface area contributed by atoms with Crippen LogP contribution in [0.4, 0.5) is 4.39 Å². The molecule has 0 aromatic heterocycles. The Labute approximate surface area is 77.8 Å². The van der Waals surface area contributed by atoms with Gasteiger partial charge in [-0.1, -0.05) is 19.1 Å². The zero-order valence-corrected chi connectivity index (χ0v) is 7.76. The normalized spacial score (nSPS) is 31.8. The molecule has 1 aliphatic rings. The fourth-order valence-electron chi connectivity index (χ4n) is 1.88. The molecule has 2 rings (SSSR count). The van der Waals surface area contributed by atoms with Gasteiger partial charge in [-0.3, -0.25) is 0 Å². The maximum Gasteiger partial charge on any atom is 0.123 e. The lowest BCUT2D eigenvalue weighted by molar-refractivity contribution is 0.612. The summed E-state index contributed by atoms with van der Waals surface area (Å²) in [6.07, 6.45) is 1.96. The first-order valence-electron chi connectivity index (χ1n) is 4.70. The first-order chi connectivity index (χ1) is 6.15. The minimum atomic E-state index is -0.164. The van der Waals surface area contributed by atoms with Crippen molar-refractivity contribution in [3.05, 3.63) is 35.6 Å². The van der Waals surface area contributed by atoms with Gasteiger partial charge in [0.2, 0.25) is 0 Å². The molecule has 0 amide bonds. The topological polar surface area (TPSA) is 26.0 Å². The average molecular weight is 179 g/mol. The van der Waals surface area contributed by atoms with E-state index >= 15 is 0 Å². The van der Waals surface area contributed by atoms with Crippen LogP contribution in [0.1, 0.15) is 31.2 Å². The highest BCUT2D eigenvalue weighted by molar-refractivity contribution is 5.32. The first-order valence-corrected chi connectivity index (χ1v) is 4.70. The van der Waals surface area contributed by atoms with Gasteiger partial charge in [-0.2, -0.15) is 0 Å². The predicted octanol–water partition coefficient (Wildman–Crippen LogP) is 2.42.